The number of hydrogen-bond donors (Lipinski definition) is 1. The highest BCUT2D eigenvalue weighted by atomic mass is 16.2. The molecule has 0 spiro atoms. The number of piperazine rings is 1. The Labute approximate surface area is 103 Å². The van der Waals surface area contributed by atoms with E-state index in [2.05, 4.69) is 10.3 Å². The normalized spacial score (nSPS) is 15.9. The Kier molecular flexibility index (Phi) is 2.44. The summed E-state index contributed by atoms with van der Waals surface area (Å²) in [6, 6.07) is 9.47. The summed E-state index contributed by atoms with van der Waals surface area (Å²) < 4.78 is 0. The molecule has 5 heteroatoms. The molecule has 1 aromatic heterocycles. The molecule has 1 aromatic carbocycles. The Balaban J connectivity index is 2.08. The number of nitrogens with one attached hydrogen (secondary N) is 1. The van der Waals surface area contributed by atoms with E-state index >= 15 is 0 Å². The molecule has 1 fully saturated rings. The molecule has 18 heavy (non-hydrogen) atoms. The van der Waals surface area contributed by atoms with Crippen LogP contribution in [0.25, 0.3) is 10.9 Å². The van der Waals surface area contributed by atoms with Crippen molar-refractivity contribution in [3.05, 3.63) is 36.5 Å². The molecular weight excluding hydrogens is 230 g/mol. The first-order valence-corrected chi connectivity index (χ1v) is 5.65. The zero-order valence-corrected chi connectivity index (χ0v) is 9.59. The maximum Gasteiger partial charge on any atom is 0.246 e. The molecule has 5 nitrogen and oxygen atoms in total. The van der Waals surface area contributed by atoms with Crippen LogP contribution >= 0.6 is 0 Å². The number of aromatic nitrogens is 1. The average molecular weight is 241 g/mol. The lowest BCUT2D eigenvalue weighted by Gasteiger charge is -2.28. The van der Waals surface area contributed by atoms with Crippen molar-refractivity contribution in [1.82, 2.24) is 10.3 Å². The third kappa shape index (κ3) is 1.79. The number of rotatable bonds is 1. The summed E-state index contributed by atoms with van der Waals surface area (Å²) >= 11 is 0. The number of pyridine rings is 1. The summed E-state index contributed by atoms with van der Waals surface area (Å²) in [5.74, 6) is -0.542. The van der Waals surface area contributed by atoms with Gasteiger partial charge < -0.3 is 4.90 Å². The lowest BCUT2D eigenvalue weighted by atomic mass is 10.1. The summed E-state index contributed by atoms with van der Waals surface area (Å²) in [6.45, 7) is 0.388. The van der Waals surface area contributed by atoms with Gasteiger partial charge in [-0.3, -0.25) is 19.9 Å². The molecule has 1 aliphatic heterocycles. The van der Waals surface area contributed by atoms with Crippen molar-refractivity contribution in [2.24, 2.45) is 0 Å². The van der Waals surface area contributed by atoms with E-state index < -0.39 is 0 Å². The Morgan fingerprint density at radius 1 is 1.06 bits per heavy atom. The molecule has 90 valence electrons. The van der Waals surface area contributed by atoms with E-state index in [-0.39, 0.29) is 24.9 Å². The number of amides is 2. The Morgan fingerprint density at radius 3 is 2.61 bits per heavy atom. The molecule has 1 saturated heterocycles. The maximum atomic E-state index is 11.4. The molecule has 1 N–H and O–H groups in total. The molecule has 2 amide bonds. The molecule has 1 aliphatic rings. The first-order valence-electron chi connectivity index (χ1n) is 5.65. The van der Waals surface area contributed by atoms with Gasteiger partial charge in [-0.2, -0.15) is 0 Å². The van der Waals surface area contributed by atoms with Gasteiger partial charge in [-0.25, -0.2) is 0 Å². The van der Waals surface area contributed by atoms with Crippen LogP contribution in [0, 0.1) is 0 Å². The molecule has 3 rings (SSSR count). The topological polar surface area (TPSA) is 62.3 Å². The fraction of sp³-hybridized carbons (Fsp3) is 0.154. The first kappa shape index (κ1) is 10.7. The number of carbonyl (C=O) groups is 2. The SMILES string of the molecule is O=C1CN(c2cccc3ncccc23)CC(=O)N1. The van der Waals surface area contributed by atoms with Crippen molar-refractivity contribution in [3.63, 3.8) is 0 Å². The molecule has 0 saturated carbocycles. The maximum absolute atomic E-state index is 11.4. The summed E-state index contributed by atoms with van der Waals surface area (Å²) in [7, 11) is 0. The quantitative estimate of drug-likeness (QED) is 0.746. The largest absolute Gasteiger partial charge is 0.352 e. The number of imide groups is 1. The summed E-state index contributed by atoms with van der Waals surface area (Å²) in [6.07, 6.45) is 1.72. The van der Waals surface area contributed by atoms with Crippen LogP contribution in [0.15, 0.2) is 36.5 Å². The molecule has 0 atom stereocenters. The summed E-state index contributed by atoms with van der Waals surface area (Å²) in [5, 5.41) is 3.24. The van der Waals surface area contributed by atoms with Crippen LogP contribution in [0.3, 0.4) is 0 Å². The zero-order valence-electron chi connectivity index (χ0n) is 9.59. The van der Waals surface area contributed by atoms with Gasteiger partial charge in [0.15, 0.2) is 0 Å². The minimum absolute atomic E-state index is 0.194. The van der Waals surface area contributed by atoms with Crippen molar-refractivity contribution in [2.45, 2.75) is 0 Å². The predicted molar refractivity (Wildman–Crippen MR) is 67.1 cm³/mol. The third-order valence-electron chi connectivity index (χ3n) is 2.91. The van der Waals surface area contributed by atoms with Crippen LogP contribution in [0.5, 0.6) is 0 Å². The van der Waals surface area contributed by atoms with Gasteiger partial charge in [0.1, 0.15) is 0 Å². The highest BCUT2D eigenvalue weighted by Crippen LogP contribution is 2.25. The Morgan fingerprint density at radius 2 is 1.83 bits per heavy atom. The van der Waals surface area contributed by atoms with Gasteiger partial charge in [0.25, 0.3) is 0 Å². The van der Waals surface area contributed by atoms with Crippen LogP contribution < -0.4 is 10.2 Å². The predicted octanol–water partition coefficient (Wildman–Crippen LogP) is 0.698. The average Bonchev–Trinajstić information content (AvgIpc) is 2.37. The van der Waals surface area contributed by atoms with Crippen molar-refractivity contribution >= 4 is 28.4 Å². The molecule has 2 aromatic rings. The van der Waals surface area contributed by atoms with E-state index in [0.29, 0.717) is 0 Å². The van der Waals surface area contributed by atoms with E-state index in [4.69, 9.17) is 0 Å². The fourth-order valence-corrected chi connectivity index (χ4v) is 2.17. The second kappa shape index (κ2) is 4.10. The second-order valence-electron chi connectivity index (χ2n) is 4.17. The Bertz CT molecular complexity index is 618. The van der Waals surface area contributed by atoms with Crippen LogP contribution in [0.1, 0.15) is 0 Å². The van der Waals surface area contributed by atoms with Crippen molar-refractivity contribution < 1.29 is 9.59 Å². The van der Waals surface area contributed by atoms with E-state index in [1.165, 1.54) is 0 Å². The molecule has 0 aliphatic carbocycles. The van der Waals surface area contributed by atoms with Crippen LogP contribution in [0.2, 0.25) is 0 Å². The minimum Gasteiger partial charge on any atom is -0.352 e. The number of nitrogens with zero attached hydrogens (tertiary/aromatic N) is 2. The number of fused-ring (bicyclic) bond motifs is 1. The van der Waals surface area contributed by atoms with Gasteiger partial charge in [0.05, 0.1) is 18.6 Å². The van der Waals surface area contributed by atoms with Gasteiger partial charge in [-0.05, 0) is 24.3 Å². The smallest absolute Gasteiger partial charge is 0.246 e. The lowest BCUT2D eigenvalue weighted by molar-refractivity contribution is -0.130. The lowest BCUT2D eigenvalue weighted by Crippen LogP contribution is -2.51. The Hall–Kier alpha value is -2.43. The standard InChI is InChI=1S/C13H11N3O2/c17-12-7-16(8-13(18)15-12)11-5-1-4-10-9(11)3-2-6-14-10/h1-6H,7-8H2,(H,15,17,18). The molecule has 2 heterocycles. The second-order valence-corrected chi connectivity index (χ2v) is 4.17. The number of anilines is 1. The highest BCUT2D eigenvalue weighted by Gasteiger charge is 2.23. The summed E-state index contributed by atoms with van der Waals surface area (Å²) in [5.41, 5.74) is 1.72. The number of carbonyl (C=O) groups excluding carboxylic acids is 2. The molecular formula is C13H11N3O2. The number of hydrogen-bond acceptors (Lipinski definition) is 4. The highest BCUT2D eigenvalue weighted by molar-refractivity contribution is 6.04. The van der Waals surface area contributed by atoms with Gasteiger partial charge >= 0.3 is 0 Å². The van der Waals surface area contributed by atoms with E-state index in [1.54, 1.807) is 11.1 Å². The molecule has 0 bridgehead atoms. The first-order chi connectivity index (χ1) is 8.74. The van der Waals surface area contributed by atoms with E-state index in [9.17, 15) is 9.59 Å². The summed E-state index contributed by atoms with van der Waals surface area (Å²) in [4.78, 5) is 28.8. The van der Waals surface area contributed by atoms with E-state index in [0.717, 1.165) is 16.6 Å². The fourth-order valence-electron chi connectivity index (χ4n) is 2.17. The van der Waals surface area contributed by atoms with Gasteiger partial charge in [-0.1, -0.05) is 6.07 Å². The van der Waals surface area contributed by atoms with Crippen molar-refractivity contribution in [3.8, 4) is 0 Å². The number of benzene rings is 1. The molecule has 0 unspecified atom stereocenters. The van der Waals surface area contributed by atoms with Gasteiger partial charge in [0, 0.05) is 17.3 Å². The minimum atomic E-state index is -0.271. The van der Waals surface area contributed by atoms with Gasteiger partial charge in [0.2, 0.25) is 11.8 Å². The zero-order chi connectivity index (χ0) is 12.5. The van der Waals surface area contributed by atoms with E-state index in [1.807, 2.05) is 30.3 Å². The van der Waals surface area contributed by atoms with Crippen LogP contribution in [-0.2, 0) is 9.59 Å². The monoisotopic (exact) mass is 241 g/mol. The third-order valence-corrected chi connectivity index (χ3v) is 2.91. The van der Waals surface area contributed by atoms with Crippen LogP contribution in [0.4, 0.5) is 5.69 Å². The van der Waals surface area contributed by atoms with Crippen LogP contribution in [-0.4, -0.2) is 29.9 Å². The van der Waals surface area contributed by atoms with Crippen molar-refractivity contribution in [2.75, 3.05) is 18.0 Å². The van der Waals surface area contributed by atoms with Crippen molar-refractivity contribution in [1.29, 1.82) is 0 Å². The van der Waals surface area contributed by atoms with Gasteiger partial charge in [-0.15, -0.1) is 0 Å². The molecule has 0 radical (unpaired) electrons.